The summed E-state index contributed by atoms with van der Waals surface area (Å²) in [6.07, 6.45) is 1.53. The zero-order valence-corrected chi connectivity index (χ0v) is 23.5. The smallest absolute Gasteiger partial charge is 0.132 e. The van der Waals surface area contributed by atoms with Crippen molar-refractivity contribution in [3.8, 4) is 23.0 Å². The number of ether oxygens (including phenoxy) is 4. The molecule has 0 saturated heterocycles. The van der Waals surface area contributed by atoms with E-state index in [0.717, 1.165) is 62.5 Å². The largest absolute Gasteiger partial charge is 0.496 e. The van der Waals surface area contributed by atoms with Crippen molar-refractivity contribution in [2.45, 2.75) is 36.5 Å². The first-order chi connectivity index (χ1) is 16.9. The first-order valence-corrected chi connectivity index (χ1v) is 13.6. The highest BCUT2D eigenvalue weighted by atomic mass is 32.2. The lowest BCUT2D eigenvalue weighted by Crippen LogP contribution is -2.05. The Kier molecular flexibility index (Phi) is 15.7. The highest BCUT2D eigenvalue weighted by Gasteiger charge is 2.12. The minimum Gasteiger partial charge on any atom is -0.496 e. The van der Waals surface area contributed by atoms with Gasteiger partial charge >= 0.3 is 0 Å². The van der Waals surface area contributed by atoms with Gasteiger partial charge in [0.1, 0.15) is 23.0 Å². The minimum atomic E-state index is -0.360. The predicted molar refractivity (Wildman–Crippen MR) is 147 cm³/mol. The van der Waals surface area contributed by atoms with E-state index < -0.39 is 0 Å². The molecule has 6 nitrogen and oxygen atoms in total. The topological polar surface area (TPSA) is 89.0 Å². The number of nitrogens with two attached hydrogens (primary N) is 2. The summed E-state index contributed by atoms with van der Waals surface area (Å²) in [4.78, 5) is 2.02. The fraction of sp³-hybridized carbons (Fsp3) is 0.538. The van der Waals surface area contributed by atoms with Gasteiger partial charge in [0.05, 0.1) is 44.9 Å². The number of rotatable bonds is 14. The minimum absolute atomic E-state index is 0.360. The molecule has 0 spiro atoms. The number of thioether (sulfide) groups is 2. The van der Waals surface area contributed by atoms with E-state index >= 15 is 0 Å². The van der Waals surface area contributed by atoms with Gasteiger partial charge in [-0.2, -0.15) is 0 Å². The molecule has 0 heterocycles. The van der Waals surface area contributed by atoms with Crippen LogP contribution in [0.4, 0.5) is 4.39 Å². The Hall–Kier alpha value is -1.81. The van der Waals surface area contributed by atoms with E-state index in [-0.39, 0.29) is 6.67 Å². The standard InChI is InChI=1S/C14H23NO2S.C12H18FNO2S/c1-10(2)9-18-14-8-12(16-3)11(5-6-15)7-13(14)17-4;1-15-10-8-12(17-6-4-13)11(16-2)7-9(10)3-5-14/h7-8,10H,5-6,9,15H2,1-4H3;7-8H,3-6,14H2,1-2H3. The molecule has 2 rings (SSSR count). The van der Waals surface area contributed by atoms with Crippen LogP contribution in [0, 0.1) is 5.92 Å². The lowest BCUT2D eigenvalue weighted by Gasteiger charge is -2.15. The summed E-state index contributed by atoms with van der Waals surface area (Å²) >= 11 is 3.22. The van der Waals surface area contributed by atoms with Crippen molar-refractivity contribution in [3.05, 3.63) is 35.4 Å². The fourth-order valence-corrected chi connectivity index (χ4v) is 4.96. The molecule has 0 amide bonds. The Morgan fingerprint density at radius 3 is 1.49 bits per heavy atom. The van der Waals surface area contributed by atoms with Gasteiger partial charge in [-0.15, -0.1) is 23.5 Å². The number of halogens is 1. The maximum Gasteiger partial charge on any atom is 0.132 e. The molecule has 0 aliphatic heterocycles. The van der Waals surface area contributed by atoms with E-state index in [1.54, 1.807) is 40.2 Å². The van der Waals surface area contributed by atoms with Gasteiger partial charge in [0.15, 0.2) is 0 Å². The number of benzene rings is 2. The molecule has 2 aromatic rings. The van der Waals surface area contributed by atoms with E-state index in [1.165, 1.54) is 11.8 Å². The van der Waals surface area contributed by atoms with Crippen LogP contribution < -0.4 is 30.4 Å². The molecule has 0 saturated carbocycles. The lowest BCUT2D eigenvalue weighted by molar-refractivity contribution is 0.390. The molecule has 0 bridgehead atoms. The Morgan fingerprint density at radius 2 is 1.14 bits per heavy atom. The maximum absolute atomic E-state index is 12.2. The van der Waals surface area contributed by atoms with Crippen molar-refractivity contribution in [1.29, 1.82) is 0 Å². The highest BCUT2D eigenvalue weighted by molar-refractivity contribution is 7.99. The highest BCUT2D eigenvalue weighted by Crippen LogP contribution is 2.37. The quantitative estimate of drug-likeness (QED) is 0.323. The average molecular weight is 529 g/mol. The Bertz CT molecular complexity index is 885. The molecule has 0 aliphatic rings. The average Bonchev–Trinajstić information content (AvgIpc) is 2.87. The molecular formula is C26H41FN2O4S2. The van der Waals surface area contributed by atoms with Gasteiger partial charge in [-0.3, -0.25) is 4.39 Å². The molecule has 4 N–H and O–H groups in total. The van der Waals surface area contributed by atoms with Gasteiger partial charge < -0.3 is 30.4 Å². The van der Waals surface area contributed by atoms with E-state index in [9.17, 15) is 4.39 Å². The maximum atomic E-state index is 12.2. The SMILES string of the molecule is COc1cc(SCC(C)C)c(OC)cc1CCN.COc1cc(SCCF)c(OC)cc1CCN. The van der Waals surface area contributed by atoms with E-state index in [1.807, 2.05) is 18.2 Å². The number of hydrogen-bond donors (Lipinski definition) is 2. The second-order valence-corrected chi connectivity index (χ2v) is 10.1. The third kappa shape index (κ3) is 10.4. The number of hydrogen-bond acceptors (Lipinski definition) is 8. The Labute approximate surface area is 218 Å². The molecule has 0 radical (unpaired) electrons. The summed E-state index contributed by atoms with van der Waals surface area (Å²) in [6.45, 7) is 5.22. The first-order valence-electron chi connectivity index (χ1n) is 11.6. The van der Waals surface area contributed by atoms with Crippen LogP contribution in [0.1, 0.15) is 25.0 Å². The van der Waals surface area contributed by atoms with Crippen LogP contribution in [0.5, 0.6) is 23.0 Å². The first kappa shape index (κ1) is 31.2. The number of alkyl halides is 1. The van der Waals surface area contributed by atoms with Crippen molar-refractivity contribution in [3.63, 3.8) is 0 Å². The third-order valence-electron chi connectivity index (χ3n) is 4.87. The van der Waals surface area contributed by atoms with Gasteiger partial charge in [0, 0.05) is 11.5 Å². The molecular weight excluding hydrogens is 487 g/mol. The molecule has 0 atom stereocenters. The Balaban J connectivity index is 0.000000351. The summed E-state index contributed by atoms with van der Waals surface area (Å²) in [6, 6.07) is 7.88. The monoisotopic (exact) mass is 528 g/mol. The van der Waals surface area contributed by atoms with Crippen LogP contribution >= 0.6 is 23.5 Å². The zero-order chi connectivity index (χ0) is 26.2. The molecule has 0 fully saturated rings. The molecule has 0 aliphatic carbocycles. The Morgan fingerprint density at radius 1 is 0.714 bits per heavy atom. The summed E-state index contributed by atoms with van der Waals surface area (Å²) in [5, 5.41) is 0. The van der Waals surface area contributed by atoms with Gasteiger partial charge in [0.25, 0.3) is 0 Å². The van der Waals surface area contributed by atoms with Crippen LogP contribution in [0.3, 0.4) is 0 Å². The predicted octanol–water partition coefficient (Wildman–Crippen LogP) is 5.22. The molecule has 35 heavy (non-hydrogen) atoms. The van der Waals surface area contributed by atoms with Gasteiger partial charge in [-0.25, -0.2) is 0 Å². The fourth-order valence-electron chi connectivity index (χ4n) is 3.20. The van der Waals surface area contributed by atoms with Crippen LogP contribution in [-0.2, 0) is 12.8 Å². The van der Waals surface area contributed by atoms with Crippen LogP contribution in [0.25, 0.3) is 0 Å². The van der Waals surface area contributed by atoms with Crippen molar-refractivity contribution < 1.29 is 23.3 Å². The summed E-state index contributed by atoms with van der Waals surface area (Å²) in [5.74, 6) is 5.45. The summed E-state index contributed by atoms with van der Waals surface area (Å²) in [7, 11) is 6.62. The van der Waals surface area contributed by atoms with E-state index in [4.69, 9.17) is 30.4 Å². The van der Waals surface area contributed by atoms with Crippen LogP contribution in [0.2, 0.25) is 0 Å². The van der Waals surface area contributed by atoms with Crippen molar-refractivity contribution in [1.82, 2.24) is 0 Å². The molecule has 2 aromatic carbocycles. The molecule has 0 aromatic heterocycles. The second kappa shape index (κ2) is 17.6. The van der Waals surface area contributed by atoms with Crippen molar-refractivity contribution in [2.75, 3.05) is 59.7 Å². The van der Waals surface area contributed by atoms with E-state index in [2.05, 4.69) is 19.9 Å². The third-order valence-corrected chi connectivity index (χ3v) is 7.32. The van der Waals surface area contributed by atoms with Gasteiger partial charge in [-0.1, -0.05) is 13.8 Å². The molecule has 9 heteroatoms. The zero-order valence-electron chi connectivity index (χ0n) is 21.8. The van der Waals surface area contributed by atoms with E-state index in [0.29, 0.717) is 24.8 Å². The second-order valence-electron chi connectivity index (χ2n) is 7.95. The molecule has 0 unspecified atom stereocenters. The van der Waals surface area contributed by atoms with Crippen LogP contribution in [0.15, 0.2) is 34.1 Å². The number of methoxy groups -OCH3 is 4. The van der Waals surface area contributed by atoms with Gasteiger partial charge in [0.2, 0.25) is 0 Å². The normalized spacial score (nSPS) is 10.6. The van der Waals surface area contributed by atoms with Crippen molar-refractivity contribution >= 4 is 23.5 Å². The van der Waals surface area contributed by atoms with Crippen molar-refractivity contribution in [2.24, 2.45) is 17.4 Å². The van der Waals surface area contributed by atoms with Crippen LogP contribution in [-0.4, -0.2) is 59.7 Å². The lowest BCUT2D eigenvalue weighted by atomic mass is 10.1. The van der Waals surface area contributed by atoms with Gasteiger partial charge in [-0.05, 0) is 67.2 Å². The summed E-state index contributed by atoms with van der Waals surface area (Å²) < 4.78 is 33.6. The molecule has 198 valence electrons. The summed E-state index contributed by atoms with van der Waals surface area (Å²) in [5.41, 5.74) is 13.3.